The Labute approximate surface area is 207 Å². The molecule has 0 atom stereocenters. The third-order valence-electron chi connectivity index (χ3n) is 6.06. The number of rotatable bonds is 12. The SMILES string of the molecule is CCCc1nc(C)c2c(=O)[nH]c(-c3cc(S(=O)(=O)N(C)CCN(CC)CC)ccc3OCC)nn12. The largest absolute Gasteiger partial charge is 0.493 e. The number of benzene rings is 1. The van der Waals surface area contributed by atoms with Gasteiger partial charge in [0.1, 0.15) is 11.6 Å². The van der Waals surface area contributed by atoms with Gasteiger partial charge in [-0.25, -0.2) is 17.9 Å². The van der Waals surface area contributed by atoms with Crippen molar-refractivity contribution in [2.45, 2.75) is 52.4 Å². The molecule has 0 radical (unpaired) electrons. The minimum Gasteiger partial charge on any atom is -0.493 e. The Balaban J connectivity index is 2.10. The molecule has 0 aliphatic rings. The number of hydrogen-bond donors (Lipinski definition) is 1. The van der Waals surface area contributed by atoms with Gasteiger partial charge in [0, 0.05) is 26.6 Å². The van der Waals surface area contributed by atoms with E-state index in [4.69, 9.17) is 4.74 Å². The van der Waals surface area contributed by atoms with Crippen LogP contribution in [-0.4, -0.2) is 77.0 Å². The fourth-order valence-electron chi connectivity index (χ4n) is 4.00. The molecule has 3 rings (SSSR count). The second-order valence-electron chi connectivity index (χ2n) is 8.37. The van der Waals surface area contributed by atoms with Crippen molar-refractivity contribution in [3.05, 3.63) is 40.1 Å². The molecule has 1 N–H and O–H groups in total. The summed E-state index contributed by atoms with van der Waals surface area (Å²) >= 11 is 0. The predicted molar refractivity (Wildman–Crippen MR) is 137 cm³/mol. The number of nitrogens with one attached hydrogen (secondary N) is 1. The van der Waals surface area contributed by atoms with E-state index in [2.05, 4.69) is 33.8 Å². The number of H-pyrrole nitrogens is 1. The van der Waals surface area contributed by atoms with Gasteiger partial charge in [0.2, 0.25) is 10.0 Å². The van der Waals surface area contributed by atoms with Crippen LogP contribution in [0.1, 0.15) is 45.6 Å². The highest BCUT2D eigenvalue weighted by Crippen LogP contribution is 2.31. The van der Waals surface area contributed by atoms with Gasteiger partial charge >= 0.3 is 0 Å². The van der Waals surface area contributed by atoms with Gasteiger partial charge in [-0.1, -0.05) is 20.8 Å². The highest BCUT2D eigenvalue weighted by Gasteiger charge is 2.24. The number of aryl methyl sites for hydroxylation is 2. The van der Waals surface area contributed by atoms with Crippen LogP contribution in [0.4, 0.5) is 0 Å². The Morgan fingerprint density at radius 3 is 2.46 bits per heavy atom. The monoisotopic (exact) mass is 504 g/mol. The molecule has 2 aromatic heterocycles. The molecule has 2 heterocycles. The van der Waals surface area contributed by atoms with E-state index in [1.54, 1.807) is 24.6 Å². The van der Waals surface area contributed by atoms with Crippen LogP contribution in [0.15, 0.2) is 27.9 Å². The van der Waals surface area contributed by atoms with Crippen LogP contribution in [0.25, 0.3) is 16.9 Å². The van der Waals surface area contributed by atoms with Gasteiger partial charge in [0.15, 0.2) is 11.3 Å². The van der Waals surface area contributed by atoms with Crippen molar-refractivity contribution in [2.24, 2.45) is 0 Å². The quantitative estimate of drug-likeness (QED) is 0.403. The lowest BCUT2D eigenvalue weighted by Crippen LogP contribution is -2.36. The van der Waals surface area contributed by atoms with Gasteiger partial charge in [0.05, 0.1) is 22.8 Å². The first-order valence-electron chi connectivity index (χ1n) is 12.1. The first kappa shape index (κ1) is 26.8. The predicted octanol–water partition coefficient (Wildman–Crippen LogP) is 2.71. The van der Waals surface area contributed by atoms with Crippen LogP contribution >= 0.6 is 0 Å². The number of likely N-dealkylation sites (N-methyl/N-ethyl adjacent to an activating group) is 2. The maximum absolute atomic E-state index is 13.4. The van der Waals surface area contributed by atoms with Crippen molar-refractivity contribution in [3.63, 3.8) is 0 Å². The second-order valence-corrected chi connectivity index (χ2v) is 10.4. The maximum atomic E-state index is 13.4. The number of hydrogen-bond acceptors (Lipinski definition) is 7. The third-order valence-corrected chi connectivity index (χ3v) is 7.91. The van der Waals surface area contributed by atoms with Gasteiger partial charge in [-0.05, 0) is 51.6 Å². The van der Waals surface area contributed by atoms with Gasteiger partial charge in [-0.3, -0.25) is 4.79 Å². The Morgan fingerprint density at radius 2 is 1.83 bits per heavy atom. The lowest BCUT2D eigenvalue weighted by molar-refractivity contribution is 0.282. The zero-order valence-electron chi connectivity index (χ0n) is 21.5. The van der Waals surface area contributed by atoms with Gasteiger partial charge in [-0.2, -0.15) is 4.31 Å². The Morgan fingerprint density at radius 1 is 1.11 bits per heavy atom. The molecule has 192 valence electrons. The normalized spacial score (nSPS) is 12.2. The molecular weight excluding hydrogens is 468 g/mol. The molecule has 3 aromatic rings. The Kier molecular flexibility index (Phi) is 8.68. The minimum atomic E-state index is -3.77. The highest BCUT2D eigenvalue weighted by atomic mass is 32.2. The van der Waals surface area contributed by atoms with E-state index in [-0.39, 0.29) is 16.3 Å². The lowest BCUT2D eigenvalue weighted by atomic mass is 10.2. The summed E-state index contributed by atoms with van der Waals surface area (Å²) in [5.74, 6) is 1.35. The van der Waals surface area contributed by atoms with Gasteiger partial charge in [0.25, 0.3) is 5.56 Å². The van der Waals surface area contributed by atoms with Crippen LogP contribution in [-0.2, 0) is 16.4 Å². The molecule has 0 amide bonds. The van der Waals surface area contributed by atoms with Crippen molar-refractivity contribution in [1.29, 1.82) is 0 Å². The summed E-state index contributed by atoms with van der Waals surface area (Å²) in [6, 6.07) is 4.65. The zero-order valence-corrected chi connectivity index (χ0v) is 22.3. The van der Waals surface area contributed by atoms with Crippen LogP contribution in [0.2, 0.25) is 0 Å². The van der Waals surface area contributed by atoms with Crippen molar-refractivity contribution in [2.75, 3.05) is 39.8 Å². The first-order valence-corrected chi connectivity index (χ1v) is 13.6. The average molecular weight is 505 g/mol. The molecule has 0 saturated carbocycles. The average Bonchev–Trinajstić information content (AvgIpc) is 3.15. The summed E-state index contributed by atoms with van der Waals surface area (Å²) in [6.45, 7) is 12.8. The summed E-state index contributed by atoms with van der Waals surface area (Å²) in [4.78, 5) is 22.5. The molecule has 0 fully saturated rings. The van der Waals surface area contributed by atoms with E-state index in [0.717, 1.165) is 19.5 Å². The van der Waals surface area contributed by atoms with Crippen LogP contribution in [0.3, 0.4) is 0 Å². The van der Waals surface area contributed by atoms with E-state index in [1.807, 2.05) is 13.8 Å². The number of fused-ring (bicyclic) bond motifs is 1. The summed E-state index contributed by atoms with van der Waals surface area (Å²) < 4.78 is 35.4. The number of aromatic amines is 1. The third kappa shape index (κ3) is 5.57. The number of sulfonamides is 1. The molecule has 0 bridgehead atoms. The zero-order chi connectivity index (χ0) is 25.8. The molecule has 1 aromatic carbocycles. The first-order chi connectivity index (χ1) is 16.7. The summed E-state index contributed by atoms with van der Waals surface area (Å²) in [5, 5.41) is 4.64. The number of imidazole rings is 1. The molecule has 0 aliphatic heterocycles. The topological polar surface area (TPSA) is 113 Å². The van der Waals surface area contributed by atoms with Crippen LogP contribution in [0.5, 0.6) is 5.75 Å². The molecule has 10 nitrogen and oxygen atoms in total. The molecule has 11 heteroatoms. The van der Waals surface area contributed by atoms with Crippen molar-refractivity contribution >= 4 is 15.5 Å². The maximum Gasteiger partial charge on any atom is 0.277 e. The van der Waals surface area contributed by atoms with Crippen molar-refractivity contribution in [3.8, 4) is 17.1 Å². The number of nitrogens with zero attached hydrogens (tertiary/aromatic N) is 5. The summed E-state index contributed by atoms with van der Waals surface area (Å²) in [6.07, 6.45) is 1.51. The molecule has 0 saturated heterocycles. The van der Waals surface area contributed by atoms with Crippen LogP contribution in [0, 0.1) is 6.92 Å². The van der Waals surface area contributed by atoms with E-state index in [1.165, 1.54) is 16.4 Å². The number of ether oxygens (including phenoxy) is 1. The van der Waals surface area contributed by atoms with E-state index in [0.29, 0.717) is 54.5 Å². The summed E-state index contributed by atoms with van der Waals surface area (Å²) in [7, 11) is -2.19. The smallest absolute Gasteiger partial charge is 0.277 e. The Bertz CT molecular complexity index is 1330. The Hall–Kier alpha value is -2.76. The number of aromatic nitrogens is 4. The van der Waals surface area contributed by atoms with Crippen molar-refractivity contribution in [1.82, 2.24) is 28.8 Å². The van der Waals surface area contributed by atoms with E-state index in [9.17, 15) is 13.2 Å². The minimum absolute atomic E-state index is 0.108. The van der Waals surface area contributed by atoms with Gasteiger partial charge < -0.3 is 14.6 Å². The molecule has 35 heavy (non-hydrogen) atoms. The summed E-state index contributed by atoms with van der Waals surface area (Å²) in [5.41, 5.74) is 1.05. The molecule has 0 aliphatic carbocycles. The fraction of sp³-hybridized carbons (Fsp3) is 0.542. The molecule has 0 unspecified atom stereocenters. The fourth-order valence-corrected chi connectivity index (χ4v) is 5.19. The van der Waals surface area contributed by atoms with Gasteiger partial charge in [-0.15, -0.1) is 5.10 Å². The second kappa shape index (κ2) is 11.3. The van der Waals surface area contributed by atoms with Crippen LogP contribution < -0.4 is 10.3 Å². The molecule has 0 spiro atoms. The van der Waals surface area contributed by atoms with Crippen molar-refractivity contribution < 1.29 is 13.2 Å². The lowest BCUT2D eigenvalue weighted by Gasteiger charge is -2.23. The molecular formula is C24H36N6O4S. The standard InChI is InChI=1S/C24H36N6O4S/c1-7-11-21-25-17(5)22-24(31)26-23(27-30(21)22)19-16-18(12-13-20(19)34-10-4)35(32,33)28(6)14-15-29(8-2)9-3/h12-13,16H,7-11,14-15H2,1-6H3,(H,26,27,31). The highest BCUT2D eigenvalue weighted by molar-refractivity contribution is 7.89. The van der Waals surface area contributed by atoms with E-state index < -0.39 is 10.0 Å². The van der Waals surface area contributed by atoms with E-state index >= 15 is 0 Å².